The minimum atomic E-state index is -3.22. The lowest BCUT2D eigenvalue weighted by atomic mass is 10.1. The highest BCUT2D eigenvalue weighted by atomic mass is 31.1. The average Bonchev–Trinajstić information content (AvgIpc) is 3.11. The molecule has 1 unspecified atom stereocenters. The Hall–Kier alpha value is -2.74. The van der Waals surface area contributed by atoms with Crippen LogP contribution in [0.5, 0.6) is 5.75 Å². The molecular formula is C18H20N3O6P. The van der Waals surface area contributed by atoms with E-state index in [1.165, 1.54) is 6.07 Å². The van der Waals surface area contributed by atoms with E-state index >= 15 is 0 Å². The smallest absolute Gasteiger partial charge is 0.319 e. The van der Waals surface area contributed by atoms with Crippen LogP contribution < -0.4 is 4.74 Å². The number of imidazole rings is 1. The Labute approximate surface area is 161 Å². The highest BCUT2D eigenvalue weighted by molar-refractivity contribution is 7.32. The summed E-state index contributed by atoms with van der Waals surface area (Å²) in [5.41, 5.74) is 1.22. The van der Waals surface area contributed by atoms with Crippen LogP contribution in [-0.4, -0.2) is 25.6 Å². The molecule has 3 rings (SSSR count). The fraction of sp³-hybridized carbons (Fsp3) is 0.278. The Balaban J connectivity index is 2.08. The third-order valence-electron chi connectivity index (χ3n) is 4.48. The first kappa shape index (κ1) is 20.0. The van der Waals surface area contributed by atoms with Crippen LogP contribution in [0.1, 0.15) is 26.7 Å². The third-order valence-corrected chi connectivity index (χ3v) is 5.02. The number of nitro benzene ring substituents is 1. The number of nitrogens with zero attached hydrogens (tertiary/aromatic N) is 2. The number of aromatic amines is 1. The first-order valence-corrected chi connectivity index (χ1v) is 9.99. The van der Waals surface area contributed by atoms with E-state index in [1.807, 2.05) is 0 Å². The van der Waals surface area contributed by atoms with Gasteiger partial charge in [-0.25, -0.2) is 4.98 Å². The summed E-state index contributed by atoms with van der Waals surface area (Å²) in [5.74, 6) is -0.493. The number of rotatable bonds is 8. The van der Waals surface area contributed by atoms with Crippen molar-refractivity contribution in [2.75, 3.05) is 0 Å². The number of nitrogens with one attached hydrogen (secondary N) is 1. The van der Waals surface area contributed by atoms with Crippen LogP contribution in [0, 0.1) is 10.1 Å². The maximum atomic E-state index is 11.3. The molecule has 0 fully saturated rings. The van der Waals surface area contributed by atoms with Crippen LogP contribution in [0.15, 0.2) is 42.5 Å². The molecule has 0 saturated carbocycles. The van der Waals surface area contributed by atoms with Crippen LogP contribution in [0.4, 0.5) is 5.69 Å². The third kappa shape index (κ3) is 3.91. The van der Waals surface area contributed by atoms with E-state index in [0.29, 0.717) is 35.5 Å². The Morgan fingerprint density at radius 1 is 1.21 bits per heavy atom. The average molecular weight is 405 g/mol. The summed E-state index contributed by atoms with van der Waals surface area (Å²) in [7, 11) is -3.22. The molecule has 2 aromatic carbocycles. The number of benzene rings is 2. The summed E-state index contributed by atoms with van der Waals surface area (Å²) < 4.78 is 22.5. The highest BCUT2D eigenvalue weighted by Gasteiger charge is 2.32. The van der Waals surface area contributed by atoms with Crippen LogP contribution in [0.3, 0.4) is 0 Å². The number of fused-ring (bicyclic) bond motifs is 1. The first-order valence-electron chi connectivity index (χ1n) is 8.72. The van der Waals surface area contributed by atoms with Gasteiger partial charge >= 0.3 is 8.25 Å². The topological polar surface area (TPSA) is 128 Å². The number of nitro groups is 1. The lowest BCUT2D eigenvalue weighted by Gasteiger charge is -2.31. The van der Waals surface area contributed by atoms with Gasteiger partial charge in [-0.15, -0.1) is 0 Å². The summed E-state index contributed by atoms with van der Waals surface area (Å²) in [6.45, 7) is 3.59. The van der Waals surface area contributed by atoms with Gasteiger partial charge in [-0.05, 0) is 18.2 Å². The van der Waals surface area contributed by atoms with Gasteiger partial charge in [0.25, 0.3) is 5.69 Å². The van der Waals surface area contributed by atoms with Gasteiger partial charge in [0.1, 0.15) is 11.6 Å². The molecule has 3 aromatic rings. The first-order chi connectivity index (χ1) is 13.4. The lowest BCUT2D eigenvalue weighted by Crippen LogP contribution is -2.36. The minimum absolute atomic E-state index is 0.0999. The summed E-state index contributed by atoms with van der Waals surface area (Å²) in [6.07, 6.45) is 0.695. The van der Waals surface area contributed by atoms with Crippen molar-refractivity contribution in [1.29, 1.82) is 0 Å². The van der Waals surface area contributed by atoms with Crippen LogP contribution >= 0.6 is 8.25 Å². The number of H-pyrrole nitrogens is 1. The number of hydrogen-bond donors (Lipinski definition) is 2. The monoisotopic (exact) mass is 405 g/mol. The Kier molecular flexibility index (Phi) is 5.79. The standard InChI is InChI=1S/C18H20N3O6P/c1-3-18(4-2,27-28(24)25)26-15-11-6-5-8-12(15)17-19-13-9-7-10-14(21(22)23)16(13)20-17/h5-11,28H,3-4H2,1-2H3,(H,19,20)(H,24,25). The molecule has 0 aliphatic carbocycles. The second kappa shape index (κ2) is 8.10. The van der Waals surface area contributed by atoms with E-state index in [4.69, 9.17) is 9.26 Å². The number of hydrogen-bond acceptors (Lipinski definition) is 6. The van der Waals surface area contributed by atoms with Crippen molar-refractivity contribution >= 4 is 25.0 Å². The molecule has 9 nitrogen and oxygen atoms in total. The highest BCUT2D eigenvalue weighted by Crippen LogP contribution is 2.38. The summed E-state index contributed by atoms with van der Waals surface area (Å²) in [5, 5.41) is 11.3. The minimum Gasteiger partial charge on any atom is -0.461 e. The van der Waals surface area contributed by atoms with Crippen LogP contribution in [0.25, 0.3) is 22.4 Å². The zero-order valence-corrected chi connectivity index (χ0v) is 16.3. The molecule has 0 aliphatic heterocycles. The van der Waals surface area contributed by atoms with E-state index in [1.54, 1.807) is 50.2 Å². The van der Waals surface area contributed by atoms with Gasteiger partial charge in [-0.3, -0.25) is 19.2 Å². The molecule has 1 atom stereocenters. The van der Waals surface area contributed by atoms with Gasteiger partial charge in [-0.1, -0.05) is 32.0 Å². The molecule has 0 spiro atoms. The Bertz CT molecular complexity index is 1030. The molecule has 0 saturated heterocycles. The van der Waals surface area contributed by atoms with Gasteiger partial charge < -0.3 is 14.6 Å². The van der Waals surface area contributed by atoms with E-state index in [0.717, 1.165) is 0 Å². The lowest BCUT2D eigenvalue weighted by molar-refractivity contribution is -0.383. The molecule has 0 aliphatic rings. The molecular weight excluding hydrogens is 385 g/mol. The van der Waals surface area contributed by atoms with Gasteiger partial charge in [0.15, 0.2) is 5.52 Å². The molecule has 1 heterocycles. The molecule has 148 valence electrons. The summed E-state index contributed by atoms with van der Waals surface area (Å²) >= 11 is 0. The van der Waals surface area contributed by atoms with E-state index in [-0.39, 0.29) is 11.2 Å². The fourth-order valence-electron chi connectivity index (χ4n) is 2.96. The normalized spacial score (nSPS) is 12.8. The van der Waals surface area contributed by atoms with Crippen molar-refractivity contribution in [3.63, 3.8) is 0 Å². The number of ether oxygens (including phenoxy) is 1. The molecule has 0 amide bonds. The van der Waals surface area contributed by atoms with Crippen molar-refractivity contribution in [1.82, 2.24) is 9.97 Å². The predicted molar refractivity (Wildman–Crippen MR) is 104 cm³/mol. The van der Waals surface area contributed by atoms with Crippen molar-refractivity contribution in [2.24, 2.45) is 0 Å². The zero-order chi connectivity index (χ0) is 20.3. The SMILES string of the molecule is CCC(CC)(Oc1ccccc1-c1nc2c([N+](=O)[O-])cccc2[nH]1)O[PH](=O)O. The fourth-order valence-corrected chi connectivity index (χ4v) is 3.61. The largest absolute Gasteiger partial charge is 0.461 e. The van der Waals surface area contributed by atoms with Crippen molar-refractivity contribution in [2.45, 2.75) is 32.5 Å². The van der Waals surface area contributed by atoms with Crippen molar-refractivity contribution in [3.05, 3.63) is 52.6 Å². The second-order valence-electron chi connectivity index (χ2n) is 6.10. The number of non-ortho nitro benzene ring substituents is 1. The van der Waals surface area contributed by atoms with Gasteiger partial charge in [0.05, 0.1) is 16.0 Å². The summed E-state index contributed by atoms with van der Waals surface area (Å²) in [6, 6.07) is 11.6. The molecule has 0 bridgehead atoms. The van der Waals surface area contributed by atoms with Gasteiger partial charge in [0, 0.05) is 18.9 Å². The molecule has 2 N–H and O–H groups in total. The van der Waals surface area contributed by atoms with Gasteiger partial charge in [-0.2, -0.15) is 0 Å². The maximum Gasteiger partial charge on any atom is 0.319 e. The van der Waals surface area contributed by atoms with Gasteiger partial charge in [0.2, 0.25) is 5.79 Å². The molecule has 10 heteroatoms. The number of aromatic nitrogens is 2. The van der Waals surface area contributed by atoms with Crippen LogP contribution in [0.2, 0.25) is 0 Å². The van der Waals surface area contributed by atoms with E-state index < -0.39 is 19.0 Å². The zero-order valence-electron chi connectivity index (χ0n) is 15.3. The second-order valence-corrected chi connectivity index (χ2v) is 6.84. The van der Waals surface area contributed by atoms with E-state index in [9.17, 15) is 19.6 Å². The quantitative estimate of drug-likeness (QED) is 0.245. The van der Waals surface area contributed by atoms with Crippen LogP contribution in [-0.2, 0) is 9.09 Å². The van der Waals surface area contributed by atoms with E-state index in [2.05, 4.69) is 9.97 Å². The number of para-hydroxylation sites is 2. The summed E-state index contributed by atoms with van der Waals surface area (Å²) in [4.78, 5) is 27.5. The maximum absolute atomic E-state index is 11.3. The Morgan fingerprint density at radius 3 is 2.57 bits per heavy atom. The molecule has 0 radical (unpaired) electrons. The Morgan fingerprint density at radius 2 is 1.93 bits per heavy atom. The predicted octanol–water partition coefficient (Wildman–Crippen LogP) is 4.43. The molecule has 1 aromatic heterocycles. The van der Waals surface area contributed by atoms with Crippen molar-refractivity contribution < 1.29 is 23.6 Å². The van der Waals surface area contributed by atoms with Crippen molar-refractivity contribution in [3.8, 4) is 17.1 Å². The molecule has 28 heavy (non-hydrogen) atoms.